The maximum atomic E-state index is 10.4. The second-order valence-corrected chi connectivity index (χ2v) is 2.31. The van der Waals surface area contributed by atoms with Crippen LogP contribution in [0.5, 0.6) is 0 Å². The summed E-state index contributed by atoms with van der Waals surface area (Å²) in [6.45, 7) is 0.878. The van der Waals surface area contributed by atoms with Crippen LogP contribution in [0.4, 0.5) is 0 Å². The fourth-order valence-electron chi connectivity index (χ4n) is 0.320. The molecule has 1 amide bonds. The van der Waals surface area contributed by atoms with E-state index in [0.717, 1.165) is 0 Å². The van der Waals surface area contributed by atoms with Crippen molar-refractivity contribution >= 4 is 20.5 Å². The summed E-state index contributed by atoms with van der Waals surface area (Å²) >= 11 is 0. The zero-order chi connectivity index (χ0) is 8.85. The first-order chi connectivity index (χ1) is 5.02. The van der Waals surface area contributed by atoms with Crippen LogP contribution < -0.4 is 5.32 Å². The van der Waals surface area contributed by atoms with Crippen molar-refractivity contribution in [2.45, 2.75) is 6.92 Å². The van der Waals surface area contributed by atoms with Gasteiger partial charge in [-0.05, 0) is 0 Å². The van der Waals surface area contributed by atoms with Gasteiger partial charge in [0, 0.05) is 6.92 Å². The van der Waals surface area contributed by atoms with Gasteiger partial charge in [-0.25, -0.2) is 4.79 Å². The van der Waals surface area contributed by atoms with Gasteiger partial charge < -0.3 is 19.6 Å². The van der Waals surface area contributed by atoms with Gasteiger partial charge in [0.05, 0.1) is 0 Å². The second-order valence-electron chi connectivity index (χ2n) is 1.63. The van der Waals surface area contributed by atoms with Crippen LogP contribution in [0.1, 0.15) is 6.92 Å². The summed E-state index contributed by atoms with van der Waals surface area (Å²) in [7, 11) is -2.67. The molecule has 0 aromatic rings. The molecule has 0 unspecified atom stereocenters. The molecule has 0 bridgehead atoms. The van der Waals surface area contributed by atoms with Crippen molar-refractivity contribution in [3.05, 3.63) is 0 Å². The molecule has 0 aromatic heterocycles. The van der Waals surface area contributed by atoms with Crippen LogP contribution >= 0.6 is 8.60 Å². The Hall–Kier alpha value is -0.710. The van der Waals surface area contributed by atoms with E-state index in [1.807, 2.05) is 0 Å². The zero-order valence-corrected chi connectivity index (χ0v) is 6.67. The number of rotatable bonds is 3. The van der Waals surface area contributed by atoms with E-state index < -0.39 is 14.6 Å². The number of carbonyl (C=O) groups is 2. The molecule has 6 nitrogen and oxygen atoms in total. The highest BCUT2D eigenvalue weighted by molar-refractivity contribution is 7.40. The number of hydrogen-bond acceptors (Lipinski definition) is 5. The van der Waals surface area contributed by atoms with E-state index in [1.54, 1.807) is 0 Å². The first kappa shape index (κ1) is 10.3. The second kappa shape index (κ2) is 5.01. The average Bonchev–Trinajstić information content (AvgIpc) is 1.82. The molecule has 0 fully saturated rings. The van der Waals surface area contributed by atoms with E-state index in [2.05, 4.69) is 9.84 Å². The average molecular weight is 181 g/mol. The molecule has 0 aromatic carbocycles. The first-order valence-electron chi connectivity index (χ1n) is 2.65. The Morgan fingerprint density at radius 2 is 2.09 bits per heavy atom. The molecular weight excluding hydrogens is 173 g/mol. The normalized spacial score (nSPS) is 9.45. The largest absolute Gasteiger partial charge is 0.393 e. The molecular formula is C4H8NO5P. The van der Waals surface area contributed by atoms with Crippen molar-refractivity contribution in [2.75, 3.05) is 6.54 Å². The van der Waals surface area contributed by atoms with Crippen LogP contribution in [0.3, 0.4) is 0 Å². The summed E-state index contributed by atoms with van der Waals surface area (Å²) in [6.07, 6.45) is 0. The molecule has 0 rings (SSSR count). The molecule has 0 saturated carbocycles. The van der Waals surface area contributed by atoms with Crippen molar-refractivity contribution in [2.24, 2.45) is 0 Å². The molecule has 0 spiro atoms. The van der Waals surface area contributed by atoms with Gasteiger partial charge in [0.15, 0.2) is 0 Å². The monoisotopic (exact) mass is 181 g/mol. The Morgan fingerprint density at radius 3 is 2.45 bits per heavy atom. The van der Waals surface area contributed by atoms with E-state index in [-0.39, 0.29) is 12.5 Å². The van der Waals surface area contributed by atoms with Crippen molar-refractivity contribution in [3.8, 4) is 0 Å². The van der Waals surface area contributed by atoms with E-state index >= 15 is 0 Å². The Labute approximate surface area is 64.2 Å². The van der Waals surface area contributed by atoms with Crippen LogP contribution in [0.15, 0.2) is 0 Å². The molecule has 0 radical (unpaired) electrons. The number of amides is 1. The summed E-state index contributed by atoms with van der Waals surface area (Å²) < 4.78 is 3.92. The van der Waals surface area contributed by atoms with E-state index in [0.29, 0.717) is 0 Å². The van der Waals surface area contributed by atoms with Crippen LogP contribution in [-0.4, -0.2) is 28.2 Å². The van der Waals surface area contributed by atoms with Crippen molar-refractivity contribution in [3.63, 3.8) is 0 Å². The fourth-order valence-corrected chi connectivity index (χ4v) is 0.567. The van der Waals surface area contributed by atoms with Crippen LogP contribution in [0.25, 0.3) is 0 Å². The van der Waals surface area contributed by atoms with Crippen molar-refractivity contribution < 1.29 is 23.9 Å². The topological polar surface area (TPSA) is 95.9 Å². The van der Waals surface area contributed by atoms with Crippen molar-refractivity contribution in [1.82, 2.24) is 5.32 Å². The first-order valence-corrected chi connectivity index (χ1v) is 3.82. The van der Waals surface area contributed by atoms with E-state index in [9.17, 15) is 9.59 Å². The molecule has 0 heterocycles. The lowest BCUT2D eigenvalue weighted by molar-refractivity contribution is -0.135. The maximum absolute atomic E-state index is 10.4. The number of nitrogens with one attached hydrogen (secondary N) is 1. The van der Waals surface area contributed by atoms with Gasteiger partial charge in [0.25, 0.3) is 0 Å². The Morgan fingerprint density at radius 1 is 1.55 bits per heavy atom. The molecule has 0 aliphatic heterocycles. The summed E-state index contributed by atoms with van der Waals surface area (Å²) in [5, 5.41) is 2.13. The van der Waals surface area contributed by atoms with Crippen molar-refractivity contribution in [1.29, 1.82) is 0 Å². The minimum Gasteiger partial charge on any atom is -0.393 e. The molecule has 0 aliphatic carbocycles. The molecule has 0 saturated heterocycles. The van der Waals surface area contributed by atoms with Gasteiger partial charge in [-0.15, -0.1) is 0 Å². The lowest BCUT2D eigenvalue weighted by Crippen LogP contribution is -2.27. The minimum absolute atomic E-state index is 0.352. The highest BCUT2D eigenvalue weighted by Crippen LogP contribution is 2.23. The minimum atomic E-state index is -2.67. The predicted molar refractivity (Wildman–Crippen MR) is 36.1 cm³/mol. The zero-order valence-electron chi connectivity index (χ0n) is 5.77. The summed E-state index contributed by atoms with van der Waals surface area (Å²) in [5.41, 5.74) is 0. The van der Waals surface area contributed by atoms with E-state index in [1.165, 1.54) is 6.92 Å². The highest BCUT2D eigenvalue weighted by atomic mass is 31.2. The summed E-state index contributed by atoms with van der Waals surface area (Å²) in [4.78, 5) is 36.9. The molecule has 7 heteroatoms. The fraction of sp³-hybridized carbons (Fsp3) is 0.500. The summed E-state index contributed by atoms with van der Waals surface area (Å²) in [6, 6.07) is 0. The quantitative estimate of drug-likeness (QED) is 0.479. The Kier molecular flexibility index (Phi) is 4.69. The van der Waals surface area contributed by atoms with E-state index in [4.69, 9.17) is 9.79 Å². The van der Waals surface area contributed by atoms with Gasteiger partial charge in [-0.3, -0.25) is 4.79 Å². The smallest absolute Gasteiger partial charge is 0.393 e. The number of hydrogen-bond donors (Lipinski definition) is 3. The maximum Gasteiger partial charge on any atom is 0.393 e. The molecule has 3 N–H and O–H groups in total. The van der Waals surface area contributed by atoms with Gasteiger partial charge in [-0.2, -0.15) is 0 Å². The molecule has 64 valence electrons. The summed E-state index contributed by atoms with van der Waals surface area (Å²) in [5.74, 6) is -1.27. The Bertz CT molecular complexity index is 159. The van der Waals surface area contributed by atoms with Gasteiger partial charge >= 0.3 is 14.6 Å². The van der Waals surface area contributed by atoms with Crippen LogP contribution in [0, 0.1) is 0 Å². The van der Waals surface area contributed by atoms with Gasteiger partial charge in [0.2, 0.25) is 5.91 Å². The SMILES string of the molecule is CC(=O)NCC(=O)OP(O)O. The molecule has 11 heavy (non-hydrogen) atoms. The molecule has 0 aliphatic rings. The Balaban J connectivity index is 3.45. The van der Waals surface area contributed by atoms with Gasteiger partial charge in [-0.1, -0.05) is 0 Å². The third-order valence-electron chi connectivity index (χ3n) is 0.665. The third kappa shape index (κ3) is 7.18. The standard InChI is InChI=1S/C4H8NO5P/c1-3(6)5-2-4(7)10-11(8)9/h8-9H,2H2,1H3,(H,5,6). The van der Waals surface area contributed by atoms with Gasteiger partial charge in [0.1, 0.15) is 6.54 Å². The van der Waals surface area contributed by atoms with Crippen LogP contribution in [-0.2, 0) is 14.1 Å². The highest BCUT2D eigenvalue weighted by Gasteiger charge is 2.08. The lowest BCUT2D eigenvalue weighted by atomic mass is 10.6. The number of carbonyl (C=O) groups excluding carboxylic acids is 2. The predicted octanol–water partition coefficient (Wildman–Crippen LogP) is -1.12. The third-order valence-corrected chi connectivity index (χ3v) is 1.03. The lowest BCUT2D eigenvalue weighted by Gasteiger charge is -2.03. The molecule has 0 atom stereocenters. The van der Waals surface area contributed by atoms with Crippen LogP contribution in [0.2, 0.25) is 0 Å².